The summed E-state index contributed by atoms with van der Waals surface area (Å²) in [7, 11) is 0. The first-order chi connectivity index (χ1) is 14.3. The van der Waals surface area contributed by atoms with Crippen LogP contribution in [0.5, 0.6) is 0 Å². The molecule has 0 spiro atoms. The van der Waals surface area contributed by atoms with Crippen LogP contribution in [0.3, 0.4) is 0 Å². The number of carbonyl (C=O) groups excluding carboxylic acids is 1. The van der Waals surface area contributed by atoms with Gasteiger partial charge in [0.2, 0.25) is 0 Å². The molecule has 1 aliphatic rings. The Morgan fingerprint density at radius 1 is 1.23 bits per heavy atom. The van der Waals surface area contributed by atoms with Crippen molar-refractivity contribution in [3.8, 4) is 6.07 Å². The second-order valence-electron chi connectivity index (χ2n) is 8.33. The van der Waals surface area contributed by atoms with Gasteiger partial charge < -0.3 is 21.1 Å². The van der Waals surface area contributed by atoms with Gasteiger partial charge in [0.15, 0.2) is 0 Å². The van der Waals surface area contributed by atoms with E-state index in [1.165, 1.54) is 6.20 Å². The van der Waals surface area contributed by atoms with Crippen molar-refractivity contribution in [2.24, 2.45) is 0 Å². The lowest BCUT2D eigenvalue weighted by molar-refractivity contribution is 0.0140. The number of pyridine rings is 2. The third kappa shape index (κ3) is 5.67. The van der Waals surface area contributed by atoms with E-state index in [1.807, 2.05) is 26.8 Å². The summed E-state index contributed by atoms with van der Waals surface area (Å²) in [5, 5.41) is 28.5. The zero-order valence-corrected chi connectivity index (χ0v) is 17.6. The van der Waals surface area contributed by atoms with E-state index >= 15 is 0 Å². The van der Waals surface area contributed by atoms with E-state index in [0.717, 1.165) is 12.8 Å². The van der Waals surface area contributed by atoms with Gasteiger partial charge in [0.1, 0.15) is 17.7 Å². The highest BCUT2D eigenvalue weighted by Crippen LogP contribution is 2.28. The Morgan fingerprint density at radius 2 is 1.93 bits per heavy atom. The molecule has 1 amide bonds. The zero-order valence-electron chi connectivity index (χ0n) is 17.6. The molecule has 0 radical (unpaired) electrons. The van der Waals surface area contributed by atoms with E-state index < -0.39 is 5.60 Å². The summed E-state index contributed by atoms with van der Waals surface area (Å²) >= 11 is 0. The predicted molar refractivity (Wildman–Crippen MR) is 116 cm³/mol. The maximum absolute atomic E-state index is 12.9. The number of anilines is 3. The second kappa shape index (κ2) is 9.09. The highest BCUT2D eigenvalue weighted by molar-refractivity contribution is 6.00. The van der Waals surface area contributed by atoms with Crippen LogP contribution in [0.1, 0.15) is 62.4 Å². The smallest absolute Gasteiger partial charge is 0.255 e. The quantitative estimate of drug-likeness (QED) is 0.578. The lowest BCUT2D eigenvalue weighted by atomic mass is 9.83. The summed E-state index contributed by atoms with van der Waals surface area (Å²) in [6.07, 6.45) is 5.89. The molecule has 0 bridgehead atoms. The number of hydrogen-bond donors (Lipinski definition) is 4. The standard InChI is InChI=1S/C22H28N6O2/c1-14(2)26-18-10-20(28-19-5-4-15(11-23)12-24-19)25-13-17(18)21(29)27-16-6-8-22(3,30)9-7-16/h4-5,10,12-14,16,30H,6-9H2,1-3H3,(H,27,29)(H2,24,25,26,28). The van der Waals surface area contributed by atoms with Crippen LogP contribution in [0.4, 0.5) is 17.3 Å². The van der Waals surface area contributed by atoms with Crippen molar-refractivity contribution in [2.45, 2.75) is 64.1 Å². The molecule has 0 unspecified atom stereocenters. The van der Waals surface area contributed by atoms with Crippen molar-refractivity contribution in [1.29, 1.82) is 5.26 Å². The second-order valence-corrected chi connectivity index (χ2v) is 8.33. The van der Waals surface area contributed by atoms with Crippen LogP contribution < -0.4 is 16.0 Å². The van der Waals surface area contributed by atoms with E-state index in [4.69, 9.17) is 5.26 Å². The molecule has 0 saturated heterocycles. The largest absolute Gasteiger partial charge is 0.390 e. The molecular weight excluding hydrogens is 380 g/mol. The molecule has 8 nitrogen and oxygen atoms in total. The molecule has 2 aromatic rings. The minimum atomic E-state index is -0.639. The number of aliphatic hydroxyl groups is 1. The van der Waals surface area contributed by atoms with Crippen molar-refractivity contribution in [3.05, 3.63) is 41.7 Å². The summed E-state index contributed by atoms with van der Waals surface area (Å²) in [5.41, 5.74) is 0.989. The fourth-order valence-electron chi connectivity index (χ4n) is 3.45. The van der Waals surface area contributed by atoms with Gasteiger partial charge >= 0.3 is 0 Å². The molecule has 4 N–H and O–H groups in total. The Bertz CT molecular complexity index is 924. The van der Waals surface area contributed by atoms with Gasteiger partial charge in [-0.15, -0.1) is 0 Å². The first kappa shape index (κ1) is 21.5. The highest BCUT2D eigenvalue weighted by atomic mass is 16.3. The zero-order chi connectivity index (χ0) is 21.7. The Morgan fingerprint density at radius 3 is 2.53 bits per heavy atom. The molecule has 1 aliphatic carbocycles. The minimum absolute atomic E-state index is 0.0466. The van der Waals surface area contributed by atoms with Gasteiger partial charge in [-0.25, -0.2) is 9.97 Å². The molecule has 0 atom stereocenters. The Hall–Kier alpha value is -3.18. The molecular formula is C22H28N6O2. The number of aromatic nitrogens is 2. The molecule has 8 heteroatoms. The van der Waals surface area contributed by atoms with E-state index in [2.05, 4.69) is 25.9 Å². The monoisotopic (exact) mass is 408 g/mol. The average Bonchev–Trinajstić information content (AvgIpc) is 2.70. The maximum atomic E-state index is 12.9. The molecule has 0 aromatic carbocycles. The van der Waals surface area contributed by atoms with E-state index in [9.17, 15) is 9.90 Å². The Kier molecular flexibility index (Phi) is 6.53. The summed E-state index contributed by atoms with van der Waals surface area (Å²) < 4.78 is 0. The SMILES string of the molecule is CC(C)Nc1cc(Nc2ccc(C#N)cn2)ncc1C(=O)NC1CCC(C)(O)CC1. The van der Waals surface area contributed by atoms with Crippen molar-refractivity contribution in [2.75, 3.05) is 10.6 Å². The van der Waals surface area contributed by atoms with Gasteiger partial charge in [-0.05, 0) is 58.6 Å². The van der Waals surface area contributed by atoms with Crippen LogP contribution >= 0.6 is 0 Å². The molecule has 3 rings (SSSR count). The van der Waals surface area contributed by atoms with Crippen molar-refractivity contribution < 1.29 is 9.90 Å². The highest BCUT2D eigenvalue weighted by Gasteiger charge is 2.30. The number of nitrogens with zero attached hydrogens (tertiary/aromatic N) is 3. The van der Waals surface area contributed by atoms with Gasteiger partial charge in [0, 0.05) is 30.5 Å². The number of carbonyl (C=O) groups is 1. The number of rotatable bonds is 6. The first-order valence-corrected chi connectivity index (χ1v) is 10.2. The number of nitriles is 1. The molecule has 2 heterocycles. The summed E-state index contributed by atoms with van der Waals surface area (Å²) in [6.45, 7) is 5.84. The van der Waals surface area contributed by atoms with Crippen LogP contribution in [0.2, 0.25) is 0 Å². The fourth-order valence-corrected chi connectivity index (χ4v) is 3.45. The third-order valence-corrected chi connectivity index (χ3v) is 5.14. The molecule has 0 aliphatic heterocycles. The minimum Gasteiger partial charge on any atom is -0.390 e. The van der Waals surface area contributed by atoms with Gasteiger partial charge in [-0.1, -0.05) is 0 Å². The van der Waals surface area contributed by atoms with E-state index in [-0.39, 0.29) is 18.0 Å². The van der Waals surface area contributed by atoms with Crippen LogP contribution in [0.15, 0.2) is 30.6 Å². The van der Waals surface area contributed by atoms with Crippen LogP contribution in [0.25, 0.3) is 0 Å². The lowest BCUT2D eigenvalue weighted by Gasteiger charge is -2.33. The molecule has 158 valence electrons. The van der Waals surface area contributed by atoms with Crippen molar-refractivity contribution >= 4 is 23.2 Å². The average molecular weight is 409 g/mol. The third-order valence-electron chi connectivity index (χ3n) is 5.14. The van der Waals surface area contributed by atoms with Gasteiger partial charge in [0.05, 0.1) is 22.4 Å². The number of nitrogens with one attached hydrogen (secondary N) is 3. The Labute approximate surface area is 176 Å². The van der Waals surface area contributed by atoms with E-state index in [0.29, 0.717) is 41.3 Å². The lowest BCUT2D eigenvalue weighted by Crippen LogP contribution is -2.42. The van der Waals surface area contributed by atoms with Crippen molar-refractivity contribution in [1.82, 2.24) is 15.3 Å². The van der Waals surface area contributed by atoms with Gasteiger partial charge in [0.25, 0.3) is 5.91 Å². The van der Waals surface area contributed by atoms with Crippen LogP contribution in [-0.4, -0.2) is 38.7 Å². The van der Waals surface area contributed by atoms with Gasteiger partial charge in [-0.3, -0.25) is 4.79 Å². The molecule has 1 fully saturated rings. The molecule has 30 heavy (non-hydrogen) atoms. The maximum Gasteiger partial charge on any atom is 0.255 e. The van der Waals surface area contributed by atoms with Crippen LogP contribution in [0, 0.1) is 11.3 Å². The summed E-state index contributed by atoms with van der Waals surface area (Å²) in [6, 6.07) is 7.36. The Balaban J connectivity index is 1.75. The number of hydrogen-bond acceptors (Lipinski definition) is 7. The normalized spacial score (nSPS) is 21.0. The van der Waals surface area contributed by atoms with Crippen molar-refractivity contribution in [3.63, 3.8) is 0 Å². The fraction of sp³-hybridized carbons (Fsp3) is 0.455. The van der Waals surface area contributed by atoms with E-state index in [1.54, 1.807) is 24.4 Å². The first-order valence-electron chi connectivity index (χ1n) is 10.2. The molecule has 1 saturated carbocycles. The molecule has 2 aromatic heterocycles. The predicted octanol–water partition coefficient (Wildman–Crippen LogP) is 3.34. The topological polar surface area (TPSA) is 123 Å². The summed E-state index contributed by atoms with van der Waals surface area (Å²) in [4.78, 5) is 21.5. The van der Waals surface area contributed by atoms with Crippen LogP contribution in [-0.2, 0) is 0 Å². The number of amides is 1. The summed E-state index contributed by atoms with van der Waals surface area (Å²) in [5.74, 6) is 0.921. The van der Waals surface area contributed by atoms with Gasteiger partial charge in [-0.2, -0.15) is 5.26 Å².